The zero-order chi connectivity index (χ0) is 12.4. The molecule has 0 aromatic heterocycles. The molecule has 1 aromatic rings. The second kappa shape index (κ2) is 4.70. The van der Waals surface area contributed by atoms with E-state index in [0.29, 0.717) is 6.42 Å². The third-order valence-corrected chi connectivity index (χ3v) is 3.52. The summed E-state index contributed by atoms with van der Waals surface area (Å²) >= 11 is 0. The SMILES string of the molecule is CCc1ccccc1C1CC(=O)NC(=O)C1C. The summed E-state index contributed by atoms with van der Waals surface area (Å²) in [4.78, 5) is 23.1. The lowest BCUT2D eigenvalue weighted by Gasteiger charge is -2.29. The van der Waals surface area contributed by atoms with Crippen molar-refractivity contribution in [2.24, 2.45) is 5.92 Å². The van der Waals surface area contributed by atoms with Gasteiger partial charge in [-0.25, -0.2) is 0 Å². The Labute approximate surface area is 101 Å². The summed E-state index contributed by atoms with van der Waals surface area (Å²) in [5.41, 5.74) is 2.37. The zero-order valence-electron chi connectivity index (χ0n) is 10.2. The first-order chi connectivity index (χ1) is 8.13. The van der Waals surface area contributed by atoms with Crippen LogP contribution in [0.3, 0.4) is 0 Å². The molecule has 1 N–H and O–H groups in total. The molecule has 1 aliphatic heterocycles. The van der Waals surface area contributed by atoms with Crippen LogP contribution in [0.5, 0.6) is 0 Å². The summed E-state index contributed by atoms with van der Waals surface area (Å²) < 4.78 is 0. The maximum absolute atomic E-state index is 11.7. The molecule has 2 atom stereocenters. The molecule has 2 unspecified atom stereocenters. The number of aryl methyl sites for hydroxylation is 1. The van der Waals surface area contributed by atoms with Gasteiger partial charge in [0.15, 0.2) is 0 Å². The van der Waals surface area contributed by atoms with E-state index in [1.165, 1.54) is 5.56 Å². The van der Waals surface area contributed by atoms with Gasteiger partial charge >= 0.3 is 0 Å². The van der Waals surface area contributed by atoms with Crippen LogP contribution in [0.2, 0.25) is 0 Å². The van der Waals surface area contributed by atoms with Crippen LogP contribution in [0.1, 0.15) is 37.3 Å². The van der Waals surface area contributed by atoms with E-state index < -0.39 is 0 Å². The van der Waals surface area contributed by atoms with Crippen LogP contribution in [0, 0.1) is 5.92 Å². The van der Waals surface area contributed by atoms with Crippen LogP contribution >= 0.6 is 0 Å². The number of benzene rings is 1. The smallest absolute Gasteiger partial charge is 0.230 e. The number of hydrogen-bond acceptors (Lipinski definition) is 2. The third-order valence-electron chi connectivity index (χ3n) is 3.52. The number of hydrogen-bond donors (Lipinski definition) is 1. The Morgan fingerprint density at radius 1 is 1.29 bits per heavy atom. The fraction of sp³-hybridized carbons (Fsp3) is 0.429. The van der Waals surface area contributed by atoms with E-state index in [2.05, 4.69) is 18.3 Å². The quantitative estimate of drug-likeness (QED) is 0.791. The Morgan fingerprint density at radius 3 is 2.71 bits per heavy atom. The normalized spacial score (nSPS) is 24.6. The van der Waals surface area contributed by atoms with Crippen LogP contribution in [0.25, 0.3) is 0 Å². The molecular formula is C14H17NO2. The highest BCUT2D eigenvalue weighted by molar-refractivity contribution is 5.99. The van der Waals surface area contributed by atoms with Crippen molar-refractivity contribution in [1.29, 1.82) is 0 Å². The molecule has 2 amide bonds. The third kappa shape index (κ3) is 2.23. The highest BCUT2D eigenvalue weighted by Crippen LogP contribution is 2.33. The van der Waals surface area contributed by atoms with E-state index in [1.807, 2.05) is 25.1 Å². The summed E-state index contributed by atoms with van der Waals surface area (Å²) in [5, 5.41) is 2.39. The fourth-order valence-corrected chi connectivity index (χ4v) is 2.46. The molecule has 0 bridgehead atoms. The van der Waals surface area contributed by atoms with E-state index in [1.54, 1.807) is 0 Å². The van der Waals surface area contributed by atoms with Gasteiger partial charge in [-0.1, -0.05) is 38.1 Å². The maximum Gasteiger partial charge on any atom is 0.230 e. The van der Waals surface area contributed by atoms with Gasteiger partial charge in [-0.05, 0) is 17.5 Å². The fourth-order valence-electron chi connectivity index (χ4n) is 2.46. The van der Waals surface area contributed by atoms with Gasteiger partial charge in [0.1, 0.15) is 0 Å². The molecule has 0 radical (unpaired) electrons. The molecule has 1 aromatic carbocycles. The topological polar surface area (TPSA) is 46.2 Å². The number of piperidine rings is 1. The summed E-state index contributed by atoms with van der Waals surface area (Å²) in [6.45, 7) is 3.98. The van der Waals surface area contributed by atoms with Gasteiger partial charge < -0.3 is 0 Å². The average molecular weight is 231 g/mol. The summed E-state index contributed by atoms with van der Waals surface area (Å²) in [6, 6.07) is 8.07. The number of amides is 2. The van der Waals surface area contributed by atoms with Crippen molar-refractivity contribution in [3.05, 3.63) is 35.4 Å². The maximum atomic E-state index is 11.7. The van der Waals surface area contributed by atoms with Crippen molar-refractivity contribution in [3.8, 4) is 0 Å². The average Bonchev–Trinajstić information content (AvgIpc) is 2.33. The molecule has 3 heteroatoms. The van der Waals surface area contributed by atoms with Crippen molar-refractivity contribution in [2.75, 3.05) is 0 Å². The largest absolute Gasteiger partial charge is 0.296 e. The van der Waals surface area contributed by atoms with Gasteiger partial charge in [-0.15, -0.1) is 0 Å². The molecule has 17 heavy (non-hydrogen) atoms. The van der Waals surface area contributed by atoms with Gasteiger partial charge in [-0.2, -0.15) is 0 Å². The van der Waals surface area contributed by atoms with Gasteiger partial charge in [0.25, 0.3) is 0 Å². The van der Waals surface area contributed by atoms with Crippen LogP contribution < -0.4 is 5.32 Å². The number of carbonyl (C=O) groups excluding carboxylic acids is 2. The standard InChI is InChI=1S/C14H17NO2/c1-3-10-6-4-5-7-11(10)12-8-13(16)15-14(17)9(12)2/h4-7,9,12H,3,8H2,1-2H3,(H,15,16,17). The summed E-state index contributed by atoms with van der Waals surface area (Å²) in [7, 11) is 0. The van der Waals surface area contributed by atoms with E-state index >= 15 is 0 Å². The predicted octanol–water partition coefficient (Wildman–Crippen LogP) is 2.02. The van der Waals surface area contributed by atoms with Gasteiger partial charge in [0, 0.05) is 18.3 Å². The van der Waals surface area contributed by atoms with Crippen molar-refractivity contribution in [1.82, 2.24) is 5.32 Å². The highest BCUT2D eigenvalue weighted by Gasteiger charge is 2.34. The molecular weight excluding hydrogens is 214 g/mol. The minimum Gasteiger partial charge on any atom is -0.296 e. The number of carbonyl (C=O) groups is 2. The lowest BCUT2D eigenvalue weighted by molar-refractivity contribution is -0.136. The second-order valence-corrected chi connectivity index (χ2v) is 4.56. The van der Waals surface area contributed by atoms with Crippen LogP contribution in [-0.4, -0.2) is 11.8 Å². The molecule has 0 saturated carbocycles. The molecule has 2 rings (SSSR count). The van der Waals surface area contributed by atoms with Crippen molar-refractivity contribution < 1.29 is 9.59 Å². The van der Waals surface area contributed by atoms with Gasteiger partial charge in [0.2, 0.25) is 11.8 Å². The zero-order valence-corrected chi connectivity index (χ0v) is 10.2. The number of imide groups is 1. The van der Waals surface area contributed by atoms with Gasteiger partial charge in [-0.3, -0.25) is 14.9 Å². The summed E-state index contributed by atoms with van der Waals surface area (Å²) in [6.07, 6.45) is 1.33. The Balaban J connectivity index is 2.37. The van der Waals surface area contributed by atoms with Crippen LogP contribution in [0.15, 0.2) is 24.3 Å². The van der Waals surface area contributed by atoms with Gasteiger partial charge in [0.05, 0.1) is 0 Å². The van der Waals surface area contributed by atoms with E-state index in [4.69, 9.17) is 0 Å². The monoisotopic (exact) mass is 231 g/mol. The van der Waals surface area contributed by atoms with E-state index in [9.17, 15) is 9.59 Å². The molecule has 1 saturated heterocycles. The van der Waals surface area contributed by atoms with Crippen molar-refractivity contribution in [3.63, 3.8) is 0 Å². The van der Waals surface area contributed by atoms with E-state index in [-0.39, 0.29) is 23.7 Å². The first kappa shape index (κ1) is 11.8. The lowest BCUT2D eigenvalue weighted by Crippen LogP contribution is -2.43. The Bertz CT molecular complexity index is 453. The molecule has 1 fully saturated rings. The number of rotatable bonds is 2. The molecule has 90 valence electrons. The minimum atomic E-state index is -0.163. The molecule has 1 heterocycles. The first-order valence-electron chi connectivity index (χ1n) is 6.05. The molecule has 0 spiro atoms. The molecule has 3 nitrogen and oxygen atoms in total. The molecule has 1 aliphatic rings. The van der Waals surface area contributed by atoms with Crippen molar-refractivity contribution >= 4 is 11.8 Å². The predicted molar refractivity (Wildman–Crippen MR) is 65.5 cm³/mol. The minimum absolute atomic E-state index is 0.0207. The first-order valence-corrected chi connectivity index (χ1v) is 6.05. The molecule has 0 aliphatic carbocycles. The highest BCUT2D eigenvalue weighted by atomic mass is 16.2. The Hall–Kier alpha value is -1.64. The van der Waals surface area contributed by atoms with E-state index in [0.717, 1.165) is 12.0 Å². The van der Waals surface area contributed by atoms with Crippen molar-refractivity contribution in [2.45, 2.75) is 32.6 Å². The lowest BCUT2D eigenvalue weighted by atomic mass is 9.79. The Morgan fingerprint density at radius 2 is 2.00 bits per heavy atom. The van der Waals surface area contributed by atoms with Crippen LogP contribution in [-0.2, 0) is 16.0 Å². The number of nitrogens with one attached hydrogen (secondary N) is 1. The summed E-state index contributed by atoms with van der Waals surface area (Å²) in [5.74, 6) is -0.436. The van der Waals surface area contributed by atoms with Crippen LogP contribution in [0.4, 0.5) is 0 Å². The second-order valence-electron chi connectivity index (χ2n) is 4.56. The Kier molecular flexibility index (Phi) is 3.27.